The first-order valence-corrected chi connectivity index (χ1v) is 7.34. The molecule has 0 bridgehead atoms. The number of carbonyl (C=O) groups excluding carboxylic acids is 1. The molecule has 2 aromatic rings. The number of para-hydroxylation sites is 1. The van der Waals surface area contributed by atoms with E-state index in [4.69, 9.17) is 9.84 Å². The van der Waals surface area contributed by atoms with Gasteiger partial charge in [0, 0.05) is 5.56 Å². The number of nitrogens with one attached hydrogen (secondary N) is 1. The SMILES string of the molecule is CC(C)[C@H](NC(=O)c1ccc(Oc2ccccc2)cc1)C(=O)O. The van der Waals surface area contributed by atoms with Crippen LogP contribution in [0.25, 0.3) is 0 Å². The van der Waals surface area contributed by atoms with Gasteiger partial charge in [0.25, 0.3) is 5.91 Å². The van der Waals surface area contributed by atoms with Crippen molar-refractivity contribution in [3.05, 3.63) is 60.2 Å². The monoisotopic (exact) mass is 313 g/mol. The van der Waals surface area contributed by atoms with E-state index in [1.807, 2.05) is 30.3 Å². The Morgan fingerprint density at radius 3 is 2.04 bits per heavy atom. The van der Waals surface area contributed by atoms with E-state index in [0.717, 1.165) is 0 Å². The minimum Gasteiger partial charge on any atom is -0.480 e. The number of amides is 1. The average Bonchev–Trinajstić information content (AvgIpc) is 2.53. The van der Waals surface area contributed by atoms with Crippen LogP contribution in [0, 0.1) is 5.92 Å². The molecule has 23 heavy (non-hydrogen) atoms. The summed E-state index contributed by atoms with van der Waals surface area (Å²) in [6, 6.07) is 14.9. The number of carbonyl (C=O) groups is 2. The molecule has 2 N–H and O–H groups in total. The van der Waals surface area contributed by atoms with Crippen molar-refractivity contribution in [1.82, 2.24) is 5.32 Å². The van der Waals surface area contributed by atoms with Gasteiger partial charge in [-0.2, -0.15) is 0 Å². The first-order valence-electron chi connectivity index (χ1n) is 7.34. The van der Waals surface area contributed by atoms with Gasteiger partial charge in [-0.05, 0) is 42.3 Å². The number of carboxylic acids is 1. The van der Waals surface area contributed by atoms with Crippen molar-refractivity contribution in [3.8, 4) is 11.5 Å². The molecule has 0 aromatic heterocycles. The molecule has 1 amide bonds. The Hall–Kier alpha value is -2.82. The number of aliphatic carboxylic acids is 1. The minimum absolute atomic E-state index is 0.197. The molecule has 5 nitrogen and oxygen atoms in total. The summed E-state index contributed by atoms with van der Waals surface area (Å²) in [5.74, 6) is -0.353. The Balaban J connectivity index is 2.04. The van der Waals surface area contributed by atoms with Gasteiger partial charge in [-0.15, -0.1) is 0 Å². The molecule has 0 fully saturated rings. The lowest BCUT2D eigenvalue weighted by atomic mass is 10.0. The molecule has 2 rings (SSSR count). The fourth-order valence-electron chi connectivity index (χ4n) is 2.04. The van der Waals surface area contributed by atoms with Crippen molar-refractivity contribution in [2.75, 3.05) is 0 Å². The van der Waals surface area contributed by atoms with Gasteiger partial charge < -0.3 is 15.2 Å². The highest BCUT2D eigenvalue weighted by atomic mass is 16.5. The summed E-state index contributed by atoms with van der Waals surface area (Å²) in [5.41, 5.74) is 0.386. The van der Waals surface area contributed by atoms with E-state index >= 15 is 0 Å². The predicted octanol–water partition coefficient (Wildman–Crippen LogP) is 3.32. The molecule has 2 aromatic carbocycles. The number of ether oxygens (including phenoxy) is 1. The lowest BCUT2D eigenvalue weighted by Crippen LogP contribution is -2.44. The van der Waals surface area contributed by atoms with Gasteiger partial charge in [0.1, 0.15) is 17.5 Å². The van der Waals surface area contributed by atoms with Gasteiger partial charge in [0.05, 0.1) is 0 Å². The Labute approximate surface area is 134 Å². The topological polar surface area (TPSA) is 75.6 Å². The lowest BCUT2D eigenvalue weighted by Gasteiger charge is -2.17. The fraction of sp³-hybridized carbons (Fsp3) is 0.222. The first kappa shape index (κ1) is 16.5. The van der Waals surface area contributed by atoms with Crippen LogP contribution in [0.1, 0.15) is 24.2 Å². The molecule has 0 saturated heterocycles. The highest BCUT2D eigenvalue weighted by Crippen LogP contribution is 2.21. The third-order valence-corrected chi connectivity index (χ3v) is 3.31. The molecule has 0 aliphatic carbocycles. The molecule has 0 spiro atoms. The maximum atomic E-state index is 12.1. The van der Waals surface area contributed by atoms with Crippen LogP contribution < -0.4 is 10.1 Å². The number of rotatable bonds is 6. The quantitative estimate of drug-likeness (QED) is 0.858. The molecule has 0 radical (unpaired) electrons. The van der Waals surface area contributed by atoms with Gasteiger partial charge in [0.15, 0.2) is 0 Å². The average molecular weight is 313 g/mol. The van der Waals surface area contributed by atoms with Crippen LogP contribution in [-0.2, 0) is 4.79 Å². The Kier molecular flexibility index (Phi) is 5.36. The highest BCUT2D eigenvalue weighted by Gasteiger charge is 2.23. The van der Waals surface area contributed by atoms with E-state index in [1.165, 1.54) is 0 Å². The smallest absolute Gasteiger partial charge is 0.326 e. The Morgan fingerprint density at radius 1 is 0.957 bits per heavy atom. The molecule has 5 heteroatoms. The van der Waals surface area contributed by atoms with E-state index < -0.39 is 17.9 Å². The fourth-order valence-corrected chi connectivity index (χ4v) is 2.04. The molecule has 0 heterocycles. The van der Waals surface area contributed by atoms with Gasteiger partial charge in [-0.3, -0.25) is 4.79 Å². The number of hydrogen-bond donors (Lipinski definition) is 2. The van der Waals surface area contributed by atoms with Gasteiger partial charge in [-0.25, -0.2) is 4.79 Å². The van der Waals surface area contributed by atoms with Crippen molar-refractivity contribution >= 4 is 11.9 Å². The summed E-state index contributed by atoms with van der Waals surface area (Å²) in [5, 5.41) is 11.6. The second-order valence-electron chi connectivity index (χ2n) is 5.47. The second-order valence-corrected chi connectivity index (χ2v) is 5.47. The molecule has 0 unspecified atom stereocenters. The third kappa shape index (κ3) is 4.57. The van der Waals surface area contributed by atoms with E-state index in [2.05, 4.69) is 5.32 Å². The lowest BCUT2D eigenvalue weighted by molar-refractivity contribution is -0.140. The molecule has 0 saturated carbocycles. The zero-order valence-corrected chi connectivity index (χ0v) is 13.0. The zero-order chi connectivity index (χ0) is 16.8. The van der Waals surface area contributed by atoms with Crippen molar-refractivity contribution in [2.24, 2.45) is 5.92 Å². The largest absolute Gasteiger partial charge is 0.480 e. The van der Waals surface area contributed by atoms with Crippen molar-refractivity contribution < 1.29 is 19.4 Å². The normalized spacial score (nSPS) is 11.8. The van der Waals surface area contributed by atoms with Crippen molar-refractivity contribution in [2.45, 2.75) is 19.9 Å². The van der Waals surface area contributed by atoms with Crippen LogP contribution in [0.5, 0.6) is 11.5 Å². The highest BCUT2D eigenvalue weighted by molar-refractivity contribution is 5.96. The van der Waals surface area contributed by atoms with Gasteiger partial charge in [-0.1, -0.05) is 32.0 Å². The van der Waals surface area contributed by atoms with E-state index in [-0.39, 0.29) is 5.92 Å². The summed E-state index contributed by atoms with van der Waals surface area (Å²) in [7, 11) is 0. The second kappa shape index (κ2) is 7.45. The number of benzene rings is 2. The molecule has 120 valence electrons. The van der Waals surface area contributed by atoms with Crippen molar-refractivity contribution in [1.29, 1.82) is 0 Å². The minimum atomic E-state index is -1.04. The van der Waals surface area contributed by atoms with Crippen LogP contribution in [0.2, 0.25) is 0 Å². The summed E-state index contributed by atoms with van der Waals surface area (Å²) in [4.78, 5) is 23.2. The first-order chi connectivity index (χ1) is 11.0. The van der Waals surface area contributed by atoms with Gasteiger partial charge >= 0.3 is 5.97 Å². The van der Waals surface area contributed by atoms with Crippen molar-refractivity contribution in [3.63, 3.8) is 0 Å². The molecule has 0 aliphatic rings. The van der Waals surface area contributed by atoms with E-state index in [1.54, 1.807) is 38.1 Å². The summed E-state index contributed by atoms with van der Waals surface area (Å²) < 4.78 is 5.64. The number of hydrogen-bond acceptors (Lipinski definition) is 3. The van der Waals surface area contributed by atoms with E-state index in [0.29, 0.717) is 17.1 Å². The van der Waals surface area contributed by atoms with Gasteiger partial charge in [0.2, 0.25) is 0 Å². The van der Waals surface area contributed by atoms with Crippen LogP contribution in [0.15, 0.2) is 54.6 Å². The van der Waals surface area contributed by atoms with Crippen LogP contribution in [-0.4, -0.2) is 23.0 Å². The summed E-state index contributed by atoms with van der Waals surface area (Å²) in [6.45, 7) is 3.49. The Bertz CT molecular complexity index is 665. The molecular weight excluding hydrogens is 294 g/mol. The van der Waals surface area contributed by atoms with Crippen LogP contribution in [0.3, 0.4) is 0 Å². The number of carboxylic acid groups (broad SMARTS) is 1. The third-order valence-electron chi connectivity index (χ3n) is 3.31. The molecule has 1 atom stereocenters. The van der Waals surface area contributed by atoms with Crippen LogP contribution >= 0.6 is 0 Å². The maximum absolute atomic E-state index is 12.1. The zero-order valence-electron chi connectivity index (χ0n) is 13.0. The Morgan fingerprint density at radius 2 is 1.52 bits per heavy atom. The van der Waals surface area contributed by atoms with Crippen LogP contribution in [0.4, 0.5) is 0 Å². The molecule has 0 aliphatic heterocycles. The summed E-state index contributed by atoms with van der Waals surface area (Å²) >= 11 is 0. The standard InChI is InChI=1S/C18H19NO4/c1-12(2)16(18(21)22)19-17(20)13-8-10-15(11-9-13)23-14-6-4-3-5-7-14/h3-12,16H,1-2H3,(H,19,20)(H,21,22)/t16-/m0/s1. The predicted molar refractivity (Wildman–Crippen MR) is 86.7 cm³/mol. The molecular formula is C18H19NO4. The summed E-state index contributed by atoms with van der Waals surface area (Å²) in [6.07, 6.45) is 0. The van der Waals surface area contributed by atoms with E-state index in [9.17, 15) is 9.59 Å². The maximum Gasteiger partial charge on any atom is 0.326 e.